The molecule has 4 nitrogen and oxygen atoms in total. The van der Waals surface area contributed by atoms with Crippen molar-refractivity contribution < 1.29 is 4.74 Å². The van der Waals surface area contributed by atoms with Gasteiger partial charge in [0.25, 0.3) is 0 Å². The highest BCUT2D eigenvalue weighted by Gasteiger charge is 1.95. The minimum atomic E-state index is 0.789. The van der Waals surface area contributed by atoms with Crippen molar-refractivity contribution in [3.05, 3.63) is 12.2 Å². The van der Waals surface area contributed by atoms with E-state index in [-0.39, 0.29) is 0 Å². The van der Waals surface area contributed by atoms with Crippen molar-refractivity contribution in [2.45, 2.75) is 19.9 Å². The molecule has 0 fully saturated rings. The summed E-state index contributed by atoms with van der Waals surface area (Å²) in [5.41, 5.74) is 0. The second-order valence-electron chi connectivity index (χ2n) is 2.42. The lowest BCUT2D eigenvalue weighted by Crippen LogP contribution is -2.01. The first-order valence-corrected chi connectivity index (χ1v) is 3.68. The Morgan fingerprint density at radius 3 is 3.00 bits per heavy atom. The summed E-state index contributed by atoms with van der Waals surface area (Å²) in [4.78, 5) is 0. The molecule has 0 aromatic carbocycles. The zero-order chi connectivity index (χ0) is 8.10. The lowest BCUT2D eigenvalue weighted by atomic mass is 10.4. The van der Waals surface area contributed by atoms with Gasteiger partial charge in [-0.2, -0.15) is 0 Å². The third kappa shape index (κ3) is 2.31. The standard InChI is InChI=1S/C7H13N3O/c1-7-9-8-6-10(7)4-3-5-11-2/h6H,3-5H2,1-2H3. The molecule has 11 heavy (non-hydrogen) atoms. The molecule has 0 amide bonds. The molecule has 0 radical (unpaired) electrons. The van der Waals surface area contributed by atoms with Gasteiger partial charge in [0.15, 0.2) is 0 Å². The topological polar surface area (TPSA) is 39.9 Å². The van der Waals surface area contributed by atoms with Crippen LogP contribution >= 0.6 is 0 Å². The smallest absolute Gasteiger partial charge is 0.129 e. The van der Waals surface area contributed by atoms with Gasteiger partial charge in [-0.05, 0) is 13.3 Å². The van der Waals surface area contributed by atoms with Crippen LogP contribution < -0.4 is 0 Å². The van der Waals surface area contributed by atoms with Gasteiger partial charge >= 0.3 is 0 Å². The molecule has 0 saturated heterocycles. The maximum Gasteiger partial charge on any atom is 0.129 e. The first-order chi connectivity index (χ1) is 5.34. The maximum absolute atomic E-state index is 4.93. The van der Waals surface area contributed by atoms with Crippen molar-refractivity contribution in [2.75, 3.05) is 13.7 Å². The molecule has 1 aromatic heterocycles. The zero-order valence-electron chi connectivity index (χ0n) is 6.95. The van der Waals surface area contributed by atoms with Crippen LogP contribution in [0.15, 0.2) is 6.33 Å². The lowest BCUT2D eigenvalue weighted by Gasteiger charge is -2.01. The van der Waals surface area contributed by atoms with E-state index in [1.807, 2.05) is 11.5 Å². The predicted molar refractivity (Wildman–Crippen MR) is 41.3 cm³/mol. The van der Waals surface area contributed by atoms with Crippen LogP contribution in [-0.2, 0) is 11.3 Å². The van der Waals surface area contributed by atoms with Crippen molar-refractivity contribution in [2.24, 2.45) is 0 Å². The Morgan fingerprint density at radius 2 is 2.45 bits per heavy atom. The molecule has 0 aliphatic carbocycles. The molecule has 0 atom stereocenters. The minimum absolute atomic E-state index is 0.789. The number of methoxy groups -OCH3 is 1. The van der Waals surface area contributed by atoms with Crippen LogP contribution in [-0.4, -0.2) is 28.5 Å². The van der Waals surface area contributed by atoms with E-state index in [0.29, 0.717) is 0 Å². The van der Waals surface area contributed by atoms with Crippen molar-refractivity contribution in [3.8, 4) is 0 Å². The molecule has 1 aromatic rings. The molecule has 0 spiro atoms. The lowest BCUT2D eigenvalue weighted by molar-refractivity contribution is 0.190. The average molecular weight is 155 g/mol. The van der Waals surface area contributed by atoms with Gasteiger partial charge in [0, 0.05) is 20.3 Å². The molecule has 1 rings (SSSR count). The van der Waals surface area contributed by atoms with Gasteiger partial charge in [-0.15, -0.1) is 10.2 Å². The van der Waals surface area contributed by atoms with Crippen LogP contribution in [0.3, 0.4) is 0 Å². The number of hydrogen-bond donors (Lipinski definition) is 0. The summed E-state index contributed by atoms with van der Waals surface area (Å²) in [5, 5.41) is 7.64. The van der Waals surface area contributed by atoms with Crippen molar-refractivity contribution in [1.29, 1.82) is 0 Å². The second-order valence-corrected chi connectivity index (χ2v) is 2.42. The Kier molecular flexibility index (Phi) is 3.04. The van der Waals surface area contributed by atoms with Gasteiger partial charge < -0.3 is 9.30 Å². The van der Waals surface area contributed by atoms with E-state index in [1.165, 1.54) is 0 Å². The number of rotatable bonds is 4. The molecule has 0 N–H and O–H groups in total. The molecule has 0 aliphatic rings. The predicted octanol–water partition coefficient (Wildman–Crippen LogP) is 0.623. The van der Waals surface area contributed by atoms with Gasteiger partial charge in [0.2, 0.25) is 0 Å². The number of nitrogens with zero attached hydrogens (tertiary/aromatic N) is 3. The van der Waals surface area contributed by atoms with E-state index < -0.39 is 0 Å². The summed E-state index contributed by atoms with van der Waals surface area (Å²) in [5.74, 6) is 0.959. The number of aromatic nitrogens is 3. The van der Waals surface area contributed by atoms with Gasteiger partial charge in [-0.3, -0.25) is 0 Å². The SMILES string of the molecule is COCCCn1cnnc1C. The van der Waals surface area contributed by atoms with E-state index >= 15 is 0 Å². The fourth-order valence-corrected chi connectivity index (χ4v) is 0.911. The number of ether oxygens (including phenoxy) is 1. The Morgan fingerprint density at radius 1 is 1.64 bits per heavy atom. The Labute approximate surface area is 66.2 Å². The number of aryl methyl sites for hydroxylation is 2. The summed E-state index contributed by atoms with van der Waals surface area (Å²) < 4.78 is 6.94. The summed E-state index contributed by atoms with van der Waals surface area (Å²) in [7, 11) is 1.71. The van der Waals surface area contributed by atoms with Gasteiger partial charge in [-0.1, -0.05) is 0 Å². The number of hydrogen-bond acceptors (Lipinski definition) is 3. The van der Waals surface area contributed by atoms with Crippen LogP contribution in [0, 0.1) is 6.92 Å². The molecule has 0 aliphatic heterocycles. The molecule has 0 unspecified atom stereocenters. The molecule has 1 heterocycles. The molecular weight excluding hydrogens is 142 g/mol. The van der Waals surface area contributed by atoms with Crippen LogP contribution in [0.1, 0.15) is 12.2 Å². The average Bonchev–Trinajstić information content (AvgIpc) is 2.37. The summed E-state index contributed by atoms with van der Waals surface area (Å²) in [6, 6.07) is 0. The zero-order valence-corrected chi connectivity index (χ0v) is 6.95. The maximum atomic E-state index is 4.93. The Bertz CT molecular complexity index is 209. The Hall–Kier alpha value is -0.900. The monoisotopic (exact) mass is 155 g/mol. The molecular formula is C7H13N3O. The van der Waals surface area contributed by atoms with Crippen molar-refractivity contribution in [3.63, 3.8) is 0 Å². The summed E-state index contributed by atoms with van der Waals surface area (Å²) >= 11 is 0. The van der Waals surface area contributed by atoms with Gasteiger partial charge in [-0.25, -0.2) is 0 Å². The third-order valence-electron chi connectivity index (χ3n) is 1.56. The molecule has 4 heteroatoms. The Balaban J connectivity index is 2.32. The fourth-order valence-electron chi connectivity index (χ4n) is 0.911. The molecule has 0 saturated carbocycles. The van der Waals surface area contributed by atoms with E-state index in [9.17, 15) is 0 Å². The third-order valence-corrected chi connectivity index (χ3v) is 1.56. The quantitative estimate of drug-likeness (QED) is 0.598. The van der Waals surface area contributed by atoms with Crippen LogP contribution in [0.4, 0.5) is 0 Å². The van der Waals surface area contributed by atoms with E-state index in [4.69, 9.17) is 4.74 Å². The first-order valence-electron chi connectivity index (χ1n) is 3.68. The summed E-state index contributed by atoms with van der Waals surface area (Å²) in [6.07, 6.45) is 2.75. The highest BCUT2D eigenvalue weighted by molar-refractivity contribution is 4.79. The minimum Gasteiger partial charge on any atom is -0.385 e. The fraction of sp³-hybridized carbons (Fsp3) is 0.714. The van der Waals surface area contributed by atoms with Crippen LogP contribution in [0.5, 0.6) is 0 Å². The summed E-state index contributed by atoms with van der Waals surface area (Å²) in [6.45, 7) is 3.67. The largest absolute Gasteiger partial charge is 0.385 e. The van der Waals surface area contributed by atoms with E-state index in [0.717, 1.165) is 25.4 Å². The van der Waals surface area contributed by atoms with Gasteiger partial charge in [0.1, 0.15) is 12.2 Å². The van der Waals surface area contributed by atoms with E-state index in [2.05, 4.69) is 10.2 Å². The second kappa shape index (κ2) is 4.08. The van der Waals surface area contributed by atoms with E-state index in [1.54, 1.807) is 13.4 Å². The molecule has 62 valence electrons. The highest BCUT2D eigenvalue weighted by atomic mass is 16.5. The molecule has 0 bridgehead atoms. The van der Waals surface area contributed by atoms with Crippen LogP contribution in [0.25, 0.3) is 0 Å². The highest BCUT2D eigenvalue weighted by Crippen LogP contribution is 1.94. The van der Waals surface area contributed by atoms with Crippen molar-refractivity contribution >= 4 is 0 Å². The van der Waals surface area contributed by atoms with Crippen molar-refractivity contribution in [1.82, 2.24) is 14.8 Å². The van der Waals surface area contributed by atoms with Gasteiger partial charge in [0.05, 0.1) is 0 Å². The van der Waals surface area contributed by atoms with Crippen LogP contribution in [0.2, 0.25) is 0 Å². The first kappa shape index (κ1) is 8.20. The normalized spacial score (nSPS) is 10.4.